The number of amides is 2. The van der Waals surface area contributed by atoms with Crippen LogP contribution < -0.4 is 10.6 Å². The Balaban J connectivity index is 0.00000544. The second-order valence-corrected chi connectivity index (χ2v) is 9.01. The van der Waals surface area contributed by atoms with Crippen LogP contribution in [-0.4, -0.2) is 67.3 Å². The molecular formula is C25H42IN5O2. The molecule has 7 nitrogen and oxygen atoms in total. The largest absolute Gasteiger partial charge is 0.356 e. The minimum Gasteiger partial charge on any atom is -0.356 e. The summed E-state index contributed by atoms with van der Waals surface area (Å²) in [6.07, 6.45) is 4.06. The van der Waals surface area contributed by atoms with Crippen molar-refractivity contribution in [2.45, 2.75) is 59.4 Å². The van der Waals surface area contributed by atoms with E-state index in [4.69, 9.17) is 0 Å². The number of halogens is 1. The number of nitrogens with zero attached hydrogens (tertiary/aromatic N) is 3. The fourth-order valence-electron chi connectivity index (χ4n) is 3.74. The van der Waals surface area contributed by atoms with Gasteiger partial charge in [-0.05, 0) is 31.2 Å². The molecule has 8 heteroatoms. The normalized spacial score (nSPS) is 14.2. The Hall–Kier alpha value is -1.84. The highest BCUT2D eigenvalue weighted by Crippen LogP contribution is 2.10. The number of hydrogen-bond donors (Lipinski definition) is 2. The van der Waals surface area contributed by atoms with E-state index in [0.29, 0.717) is 44.9 Å². The quantitative estimate of drug-likeness (QED) is 0.195. The van der Waals surface area contributed by atoms with Gasteiger partial charge in [-0.25, -0.2) is 0 Å². The van der Waals surface area contributed by atoms with E-state index in [9.17, 15) is 9.59 Å². The van der Waals surface area contributed by atoms with E-state index in [1.54, 1.807) is 7.05 Å². The molecule has 0 radical (unpaired) electrons. The van der Waals surface area contributed by atoms with Crippen LogP contribution in [0.25, 0.3) is 0 Å². The molecule has 1 fully saturated rings. The van der Waals surface area contributed by atoms with Gasteiger partial charge >= 0.3 is 0 Å². The summed E-state index contributed by atoms with van der Waals surface area (Å²) in [4.78, 5) is 32.7. The molecule has 33 heavy (non-hydrogen) atoms. The second kappa shape index (κ2) is 15.9. The molecule has 2 rings (SSSR count). The lowest BCUT2D eigenvalue weighted by atomic mass is 10.1. The number of rotatable bonds is 10. The van der Waals surface area contributed by atoms with Crippen LogP contribution in [0.1, 0.15) is 57.1 Å². The molecule has 0 saturated carbocycles. The minimum absolute atomic E-state index is 0. The van der Waals surface area contributed by atoms with Gasteiger partial charge in [-0.15, -0.1) is 24.0 Å². The van der Waals surface area contributed by atoms with Gasteiger partial charge in [0.1, 0.15) is 0 Å². The smallest absolute Gasteiger partial charge is 0.222 e. The fraction of sp³-hybridized carbons (Fsp3) is 0.640. The van der Waals surface area contributed by atoms with Crippen LogP contribution >= 0.6 is 24.0 Å². The Morgan fingerprint density at radius 3 is 2.12 bits per heavy atom. The molecule has 1 aromatic rings. The van der Waals surface area contributed by atoms with Gasteiger partial charge in [0.15, 0.2) is 5.96 Å². The van der Waals surface area contributed by atoms with Gasteiger partial charge in [-0.2, -0.15) is 0 Å². The highest BCUT2D eigenvalue weighted by molar-refractivity contribution is 14.0. The first kappa shape index (κ1) is 29.2. The van der Waals surface area contributed by atoms with E-state index in [-0.39, 0.29) is 35.8 Å². The molecule has 1 saturated heterocycles. The van der Waals surface area contributed by atoms with Crippen LogP contribution in [-0.2, 0) is 16.1 Å². The molecule has 186 valence electrons. The first-order valence-corrected chi connectivity index (χ1v) is 11.9. The summed E-state index contributed by atoms with van der Waals surface area (Å²) < 4.78 is 0. The number of unbranched alkanes of at least 4 members (excludes halogenated alkanes) is 2. The minimum atomic E-state index is 0. The number of benzene rings is 1. The molecule has 0 spiro atoms. The van der Waals surface area contributed by atoms with Crippen molar-refractivity contribution in [2.24, 2.45) is 10.9 Å². The van der Waals surface area contributed by atoms with Crippen molar-refractivity contribution in [1.82, 2.24) is 20.4 Å². The van der Waals surface area contributed by atoms with Gasteiger partial charge in [0.2, 0.25) is 11.8 Å². The SMILES string of the molecule is CN=C(NCCCCCC(=O)N1CCN(C(=O)CC(C)C)CC1)NCc1ccc(C)cc1.I. The Labute approximate surface area is 216 Å². The molecule has 1 aromatic carbocycles. The van der Waals surface area contributed by atoms with Crippen molar-refractivity contribution in [3.63, 3.8) is 0 Å². The number of nitrogens with one attached hydrogen (secondary N) is 2. The summed E-state index contributed by atoms with van der Waals surface area (Å²) in [7, 11) is 1.78. The Bertz CT molecular complexity index is 744. The number of hydrogen-bond acceptors (Lipinski definition) is 3. The molecule has 1 aliphatic heterocycles. The van der Waals surface area contributed by atoms with Gasteiger partial charge in [0.05, 0.1) is 0 Å². The van der Waals surface area contributed by atoms with Crippen LogP contribution in [0, 0.1) is 12.8 Å². The lowest BCUT2D eigenvalue weighted by molar-refractivity contribution is -0.140. The van der Waals surface area contributed by atoms with Crippen LogP contribution in [0.2, 0.25) is 0 Å². The van der Waals surface area contributed by atoms with Crippen molar-refractivity contribution in [2.75, 3.05) is 39.8 Å². The van der Waals surface area contributed by atoms with Gasteiger partial charge in [0, 0.05) is 59.2 Å². The molecule has 0 unspecified atom stereocenters. The standard InChI is InChI=1S/C25H41N5O2.HI/c1-20(2)18-24(32)30-16-14-29(15-17-30)23(31)8-6-5-7-13-27-25(26-4)28-19-22-11-9-21(3)10-12-22;/h9-12,20H,5-8,13-19H2,1-4H3,(H2,26,27,28);1H. The summed E-state index contributed by atoms with van der Waals surface area (Å²) in [5.74, 6) is 1.60. The number of carbonyl (C=O) groups excluding carboxylic acids is 2. The van der Waals surface area contributed by atoms with Crippen molar-refractivity contribution in [3.05, 3.63) is 35.4 Å². The third-order valence-corrected chi connectivity index (χ3v) is 5.73. The average Bonchev–Trinajstić information content (AvgIpc) is 2.78. The lowest BCUT2D eigenvalue weighted by Gasteiger charge is -2.35. The molecule has 1 heterocycles. The zero-order chi connectivity index (χ0) is 23.3. The number of aryl methyl sites for hydroxylation is 1. The van der Waals surface area contributed by atoms with Crippen LogP contribution in [0.15, 0.2) is 29.3 Å². The van der Waals surface area contributed by atoms with Crippen LogP contribution in [0.5, 0.6) is 0 Å². The Morgan fingerprint density at radius 2 is 1.55 bits per heavy atom. The summed E-state index contributed by atoms with van der Waals surface area (Å²) in [5, 5.41) is 6.67. The second-order valence-electron chi connectivity index (χ2n) is 9.01. The number of aliphatic imine (C=N–C) groups is 1. The summed E-state index contributed by atoms with van der Waals surface area (Å²) >= 11 is 0. The lowest BCUT2D eigenvalue weighted by Crippen LogP contribution is -2.50. The number of carbonyl (C=O) groups is 2. The summed E-state index contributed by atoms with van der Waals surface area (Å²) in [6, 6.07) is 8.47. The third kappa shape index (κ3) is 11.2. The van der Waals surface area contributed by atoms with Gasteiger partial charge in [0.25, 0.3) is 0 Å². The van der Waals surface area contributed by atoms with E-state index in [1.165, 1.54) is 11.1 Å². The predicted molar refractivity (Wildman–Crippen MR) is 146 cm³/mol. The fourth-order valence-corrected chi connectivity index (χ4v) is 3.74. The highest BCUT2D eigenvalue weighted by atomic mass is 127. The Morgan fingerprint density at radius 1 is 0.939 bits per heavy atom. The zero-order valence-corrected chi connectivity index (χ0v) is 23.1. The van der Waals surface area contributed by atoms with Crippen molar-refractivity contribution < 1.29 is 9.59 Å². The van der Waals surface area contributed by atoms with Gasteiger partial charge in [-0.1, -0.05) is 50.1 Å². The first-order chi connectivity index (χ1) is 15.4. The molecule has 0 aliphatic carbocycles. The van der Waals surface area contributed by atoms with E-state index < -0.39 is 0 Å². The molecule has 2 N–H and O–H groups in total. The average molecular weight is 572 g/mol. The maximum atomic E-state index is 12.5. The summed E-state index contributed by atoms with van der Waals surface area (Å²) in [5.41, 5.74) is 2.48. The molecule has 0 bridgehead atoms. The number of piperazine rings is 1. The maximum Gasteiger partial charge on any atom is 0.222 e. The highest BCUT2D eigenvalue weighted by Gasteiger charge is 2.23. The topological polar surface area (TPSA) is 77.0 Å². The Kier molecular flexibility index (Phi) is 14.1. The molecule has 0 atom stereocenters. The maximum absolute atomic E-state index is 12.5. The summed E-state index contributed by atoms with van der Waals surface area (Å²) in [6.45, 7) is 10.4. The molecular weight excluding hydrogens is 529 g/mol. The molecule has 1 aliphatic rings. The van der Waals surface area contributed by atoms with Crippen molar-refractivity contribution in [3.8, 4) is 0 Å². The number of guanidine groups is 1. The third-order valence-electron chi connectivity index (χ3n) is 5.73. The van der Waals surface area contributed by atoms with Gasteiger partial charge < -0.3 is 20.4 Å². The van der Waals surface area contributed by atoms with E-state index >= 15 is 0 Å². The zero-order valence-electron chi connectivity index (χ0n) is 20.7. The van der Waals surface area contributed by atoms with E-state index in [2.05, 4.69) is 60.7 Å². The monoisotopic (exact) mass is 571 g/mol. The molecule has 0 aromatic heterocycles. The van der Waals surface area contributed by atoms with Crippen LogP contribution in [0.3, 0.4) is 0 Å². The van der Waals surface area contributed by atoms with Crippen LogP contribution in [0.4, 0.5) is 0 Å². The van der Waals surface area contributed by atoms with E-state index in [0.717, 1.165) is 38.3 Å². The predicted octanol–water partition coefficient (Wildman–Crippen LogP) is 3.56. The van der Waals surface area contributed by atoms with Crippen molar-refractivity contribution >= 4 is 41.8 Å². The van der Waals surface area contributed by atoms with E-state index in [1.807, 2.05) is 9.80 Å². The van der Waals surface area contributed by atoms with Crippen molar-refractivity contribution in [1.29, 1.82) is 0 Å². The first-order valence-electron chi connectivity index (χ1n) is 11.9. The molecule has 2 amide bonds. The van der Waals surface area contributed by atoms with Gasteiger partial charge in [-0.3, -0.25) is 14.6 Å².